The Morgan fingerprint density at radius 1 is 1.25 bits per heavy atom. The first kappa shape index (κ1) is 23.3. The van der Waals surface area contributed by atoms with Gasteiger partial charge in [-0.25, -0.2) is 0 Å². The summed E-state index contributed by atoms with van der Waals surface area (Å²) < 4.78 is 29.6. The van der Waals surface area contributed by atoms with Crippen LogP contribution in [-0.4, -0.2) is 27.9 Å². The number of ether oxygens (including phenoxy) is 1. The number of nitrogens with two attached hydrogens (primary N) is 1. The molecule has 1 fully saturated rings. The van der Waals surface area contributed by atoms with Gasteiger partial charge in [0.1, 0.15) is 12.4 Å². The first-order valence-electron chi connectivity index (χ1n) is 11.2. The van der Waals surface area contributed by atoms with Crippen LogP contribution in [0.4, 0.5) is 5.69 Å². The molecule has 5 nitrogen and oxygen atoms in total. The number of halogens is 1. The highest BCUT2D eigenvalue weighted by Crippen LogP contribution is 2.40. The minimum atomic E-state index is -2.30. The largest absolute Gasteiger partial charge is 0.768 e. The van der Waals surface area contributed by atoms with Gasteiger partial charge in [0, 0.05) is 29.0 Å². The summed E-state index contributed by atoms with van der Waals surface area (Å²) in [7, 11) is 0. The van der Waals surface area contributed by atoms with Crippen molar-refractivity contribution in [2.24, 2.45) is 17.6 Å². The normalized spacial score (nSPS) is 22.9. The Hall–Kier alpha value is -1.86. The van der Waals surface area contributed by atoms with Crippen molar-refractivity contribution >= 4 is 28.4 Å². The van der Waals surface area contributed by atoms with Gasteiger partial charge in [0.2, 0.25) is 0 Å². The minimum Gasteiger partial charge on any atom is -0.768 e. The van der Waals surface area contributed by atoms with Crippen molar-refractivity contribution in [1.82, 2.24) is 0 Å². The lowest BCUT2D eigenvalue weighted by molar-refractivity contribution is 0.164. The molecule has 2 aromatic rings. The number of hydrogen-bond donors (Lipinski definition) is 1. The highest BCUT2D eigenvalue weighted by Gasteiger charge is 2.35. The molecule has 1 aliphatic carbocycles. The molecule has 4 atom stereocenters. The van der Waals surface area contributed by atoms with Crippen LogP contribution in [0.1, 0.15) is 36.8 Å². The Labute approximate surface area is 197 Å². The Balaban J connectivity index is 1.65. The first-order valence-corrected chi connectivity index (χ1v) is 12.7. The van der Waals surface area contributed by atoms with Crippen molar-refractivity contribution in [3.05, 3.63) is 65.2 Å². The molecule has 2 aliphatic rings. The third kappa shape index (κ3) is 5.20. The van der Waals surface area contributed by atoms with E-state index >= 15 is 0 Å². The summed E-state index contributed by atoms with van der Waals surface area (Å²) in [5.74, 6) is 1.57. The summed E-state index contributed by atoms with van der Waals surface area (Å²) in [5.41, 5.74) is 9.42. The highest BCUT2D eigenvalue weighted by atomic mass is 35.5. The van der Waals surface area contributed by atoms with Gasteiger partial charge in [0.15, 0.2) is 0 Å². The van der Waals surface area contributed by atoms with E-state index < -0.39 is 11.1 Å². The SMILES string of the molecule is C=C[C@H](N)[C@@H]1CC[C@H]1CN1CCCCc2cc(Cl)ccc2COc2ccc(S(=O)[O-])cc21. The summed E-state index contributed by atoms with van der Waals surface area (Å²) in [4.78, 5) is 2.56. The maximum absolute atomic E-state index is 11.7. The number of fused-ring (bicyclic) bond motifs is 2. The number of benzene rings is 2. The average Bonchev–Trinajstić information content (AvgIpc) is 2.79. The van der Waals surface area contributed by atoms with Gasteiger partial charge < -0.3 is 19.9 Å². The molecular weight excluding hydrogens is 444 g/mol. The van der Waals surface area contributed by atoms with Crippen molar-refractivity contribution in [1.29, 1.82) is 0 Å². The van der Waals surface area contributed by atoms with E-state index in [4.69, 9.17) is 22.1 Å². The molecule has 0 spiro atoms. The average molecular weight is 474 g/mol. The van der Waals surface area contributed by atoms with Crippen LogP contribution in [-0.2, 0) is 24.1 Å². The number of rotatable bonds is 5. The number of anilines is 1. The highest BCUT2D eigenvalue weighted by molar-refractivity contribution is 7.79. The summed E-state index contributed by atoms with van der Waals surface area (Å²) in [6, 6.07) is 11.0. The minimum absolute atomic E-state index is 0.00636. The third-order valence-electron chi connectivity index (χ3n) is 6.84. The van der Waals surface area contributed by atoms with Crippen LogP contribution in [0, 0.1) is 11.8 Å². The monoisotopic (exact) mass is 473 g/mol. The van der Waals surface area contributed by atoms with Gasteiger partial charge in [-0.15, -0.1) is 6.58 Å². The van der Waals surface area contributed by atoms with Crippen LogP contribution in [0.3, 0.4) is 0 Å². The molecule has 1 unspecified atom stereocenters. The van der Waals surface area contributed by atoms with Gasteiger partial charge in [-0.2, -0.15) is 0 Å². The van der Waals surface area contributed by atoms with Crippen molar-refractivity contribution in [2.75, 3.05) is 18.0 Å². The number of nitrogens with zero attached hydrogens (tertiary/aromatic N) is 1. The molecule has 4 rings (SSSR count). The van der Waals surface area contributed by atoms with Crippen molar-refractivity contribution in [3.8, 4) is 5.75 Å². The maximum atomic E-state index is 11.7. The molecule has 1 saturated carbocycles. The van der Waals surface area contributed by atoms with Crippen LogP contribution in [0.5, 0.6) is 5.75 Å². The zero-order valence-corrected chi connectivity index (χ0v) is 19.7. The zero-order chi connectivity index (χ0) is 22.7. The van der Waals surface area contributed by atoms with Crippen LogP contribution in [0.25, 0.3) is 0 Å². The Morgan fingerprint density at radius 3 is 2.81 bits per heavy atom. The second-order valence-electron chi connectivity index (χ2n) is 8.78. The molecule has 0 aromatic heterocycles. The molecule has 0 amide bonds. The lowest BCUT2D eigenvalue weighted by Gasteiger charge is -2.43. The second kappa shape index (κ2) is 10.4. The molecule has 32 heavy (non-hydrogen) atoms. The van der Waals surface area contributed by atoms with E-state index in [0.29, 0.717) is 24.2 Å². The van der Waals surface area contributed by atoms with E-state index in [2.05, 4.69) is 11.5 Å². The van der Waals surface area contributed by atoms with Crippen molar-refractivity contribution in [3.63, 3.8) is 0 Å². The standard InChI is InChI=1S/C25H31ClN2O3S/c1-2-23(27)22-10-7-18(22)15-28-12-4-3-5-17-13-20(26)8-6-19(17)16-31-25-11-9-21(32(29)30)14-24(25)28/h2,6,8-9,11,13-14,18,22-23H,1,3-5,7,10,12,15-16,27H2,(H,29,30)/p-1/t18-,22+,23-/m0/s1. The Bertz CT molecular complexity index is 999. The fraction of sp³-hybridized carbons (Fsp3) is 0.440. The molecule has 0 bridgehead atoms. The smallest absolute Gasteiger partial charge is 0.143 e. The van der Waals surface area contributed by atoms with Gasteiger partial charge in [-0.05, 0) is 96.5 Å². The lowest BCUT2D eigenvalue weighted by atomic mass is 9.69. The summed E-state index contributed by atoms with van der Waals surface area (Å²) in [6.07, 6.45) is 7.01. The van der Waals surface area contributed by atoms with Crippen LogP contribution < -0.4 is 15.4 Å². The Morgan fingerprint density at radius 2 is 2.09 bits per heavy atom. The molecular formula is C25H30ClN2O3S-. The quantitative estimate of drug-likeness (QED) is 0.496. The summed E-state index contributed by atoms with van der Waals surface area (Å²) in [5, 5.41) is 0.734. The summed E-state index contributed by atoms with van der Waals surface area (Å²) in [6.45, 7) is 5.94. The maximum Gasteiger partial charge on any atom is 0.143 e. The van der Waals surface area contributed by atoms with Crippen molar-refractivity contribution in [2.45, 2.75) is 49.6 Å². The van der Waals surface area contributed by atoms with Crippen molar-refractivity contribution < 1.29 is 13.5 Å². The molecule has 7 heteroatoms. The molecule has 1 aliphatic heterocycles. The van der Waals surface area contributed by atoms with E-state index in [1.54, 1.807) is 18.2 Å². The van der Waals surface area contributed by atoms with Crippen LogP contribution in [0.15, 0.2) is 53.9 Å². The van der Waals surface area contributed by atoms with Gasteiger partial charge in [-0.3, -0.25) is 4.21 Å². The van der Waals surface area contributed by atoms with Gasteiger partial charge >= 0.3 is 0 Å². The summed E-state index contributed by atoms with van der Waals surface area (Å²) >= 11 is 3.93. The fourth-order valence-electron chi connectivity index (χ4n) is 4.81. The third-order valence-corrected chi connectivity index (χ3v) is 7.71. The molecule has 172 valence electrons. The fourth-order valence-corrected chi connectivity index (χ4v) is 5.39. The molecule has 2 aromatic carbocycles. The predicted molar refractivity (Wildman–Crippen MR) is 129 cm³/mol. The van der Waals surface area contributed by atoms with Crippen LogP contribution >= 0.6 is 11.6 Å². The molecule has 1 heterocycles. The first-order chi connectivity index (χ1) is 15.5. The second-order valence-corrected chi connectivity index (χ2v) is 10.2. The molecule has 2 N–H and O–H groups in total. The molecule has 0 saturated heterocycles. The van der Waals surface area contributed by atoms with Gasteiger partial charge in [-0.1, -0.05) is 23.7 Å². The lowest BCUT2D eigenvalue weighted by Crippen LogP contribution is -2.46. The van der Waals surface area contributed by atoms with E-state index in [1.807, 2.05) is 24.3 Å². The zero-order valence-electron chi connectivity index (χ0n) is 18.2. The Kier molecular flexibility index (Phi) is 7.56. The van der Waals surface area contributed by atoms with Crippen LogP contribution in [0.2, 0.25) is 5.02 Å². The van der Waals surface area contributed by atoms with E-state index in [9.17, 15) is 8.76 Å². The van der Waals surface area contributed by atoms with Gasteiger partial charge in [0.25, 0.3) is 0 Å². The van der Waals surface area contributed by atoms with Gasteiger partial charge in [0.05, 0.1) is 5.69 Å². The number of hydrogen-bond acceptors (Lipinski definition) is 5. The topological polar surface area (TPSA) is 78.6 Å². The van der Waals surface area contributed by atoms with E-state index in [0.717, 1.165) is 61.5 Å². The number of aryl methyl sites for hydroxylation is 1. The van der Waals surface area contributed by atoms with E-state index in [-0.39, 0.29) is 10.9 Å². The predicted octanol–water partition coefficient (Wildman–Crippen LogP) is 4.84. The molecule has 0 radical (unpaired) electrons. The van der Waals surface area contributed by atoms with E-state index in [1.165, 1.54) is 5.56 Å².